The summed E-state index contributed by atoms with van der Waals surface area (Å²) in [7, 11) is -4.05. The van der Waals surface area contributed by atoms with Crippen molar-refractivity contribution < 1.29 is 14.4 Å². The van der Waals surface area contributed by atoms with Gasteiger partial charge in [-0.1, -0.05) is 0 Å². The molecular formula is C5H8NO3P. The van der Waals surface area contributed by atoms with Gasteiger partial charge in [-0.2, -0.15) is 0 Å². The van der Waals surface area contributed by atoms with Gasteiger partial charge < -0.3 is 14.8 Å². The van der Waals surface area contributed by atoms with E-state index < -0.39 is 7.60 Å². The fraction of sp³-hybridized carbons (Fsp3) is 0.200. The Balaban J connectivity index is 3.08. The largest absolute Gasteiger partial charge is 0.372 e. The lowest BCUT2D eigenvalue weighted by Crippen LogP contribution is -2.03. The van der Waals surface area contributed by atoms with Gasteiger partial charge in [0.15, 0.2) is 0 Å². The van der Waals surface area contributed by atoms with E-state index in [1.807, 2.05) is 0 Å². The third-order valence-electron chi connectivity index (χ3n) is 1.13. The summed E-state index contributed by atoms with van der Waals surface area (Å²) < 4.78 is 10.5. The van der Waals surface area contributed by atoms with Crippen LogP contribution in [0.5, 0.6) is 0 Å². The van der Waals surface area contributed by atoms with Crippen molar-refractivity contribution >= 4 is 13.0 Å². The van der Waals surface area contributed by atoms with Crippen LogP contribution < -0.4 is 5.44 Å². The summed E-state index contributed by atoms with van der Waals surface area (Å²) in [5.74, 6) is 0. The van der Waals surface area contributed by atoms with Gasteiger partial charge in [-0.3, -0.25) is 4.57 Å². The summed E-state index contributed by atoms with van der Waals surface area (Å²) in [6, 6.07) is 3.00. The van der Waals surface area contributed by atoms with Crippen molar-refractivity contribution in [3.05, 3.63) is 17.8 Å². The molecule has 0 aliphatic carbocycles. The number of hydrogen-bond acceptors (Lipinski definition) is 1. The Morgan fingerprint density at radius 3 is 2.30 bits per heavy atom. The molecule has 0 spiro atoms. The van der Waals surface area contributed by atoms with E-state index in [1.54, 1.807) is 13.0 Å². The van der Waals surface area contributed by atoms with Crippen LogP contribution in [0.1, 0.15) is 5.69 Å². The van der Waals surface area contributed by atoms with Crippen LogP contribution in [0.3, 0.4) is 0 Å². The number of H-pyrrole nitrogens is 1. The molecule has 0 aliphatic rings. The molecule has 0 bridgehead atoms. The lowest BCUT2D eigenvalue weighted by molar-refractivity contribution is 0.386. The minimum Gasteiger partial charge on any atom is -0.353 e. The van der Waals surface area contributed by atoms with Gasteiger partial charge in [0.25, 0.3) is 0 Å². The quantitative estimate of drug-likeness (QED) is 0.512. The van der Waals surface area contributed by atoms with Crippen LogP contribution in [0.15, 0.2) is 12.1 Å². The summed E-state index contributed by atoms with van der Waals surface area (Å²) in [5, 5.41) is 0. The van der Waals surface area contributed by atoms with Gasteiger partial charge in [0.2, 0.25) is 0 Å². The molecule has 0 unspecified atom stereocenters. The van der Waals surface area contributed by atoms with Crippen LogP contribution in [-0.4, -0.2) is 14.8 Å². The van der Waals surface area contributed by atoms with Crippen LogP contribution in [0.2, 0.25) is 0 Å². The molecule has 0 aromatic carbocycles. The molecule has 0 atom stereocenters. The van der Waals surface area contributed by atoms with Crippen molar-refractivity contribution in [1.82, 2.24) is 4.98 Å². The van der Waals surface area contributed by atoms with Crippen molar-refractivity contribution in [3.63, 3.8) is 0 Å². The molecule has 1 heterocycles. The summed E-state index contributed by atoms with van der Waals surface area (Å²) in [5.41, 5.74) is 0.725. The average molecular weight is 161 g/mol. The highest BCUT2D eigenvalue weighted by Gasteiger charge is 2.17. The van der Waals surface area contributed by atoms with Crippen LogP contribution in [-0.2, 0) is 4.57 Å². The van der Waals surface area contributed by atoms with Gasteiger partial charge in [-0.05, 0) is 19.1 Å². The van der Waals surface area contributed by atoms with E-state index >= 15 is 0 Å². The van der Waals surface area contributed by atoms with E-state index in [4.69, 9.17) is 9.79 Å². The number of aryl methyl sites for hydroxylation is 1. The van der Waals surface area contributed by atoms with Crippen LogP contribution in [0.4, 0.5) is 0 Å². The van der Waals surface area contributed by atoms with Crippen molar-refractivity contribution in [2.75, 3.05) is 0 Å². The minimum absolute atomic E-state index is 0.0231. The van der Waals surface area contributed by atoms with E-state index in [9.17, 15) is 4.57 Å². The number of aromatic amines is 1. The van der Waals surface area contributed by atoms with Crippen LogP contribution >= 0.6 is 7.60 Å². The molecule has 4 nitrogen and oxygen atoms in total. The summed E-state index contributed by atoms with van der Waals surface area (Å²) >= 11 is 0. The highest BCUT2D eigenvalue weighted by molar-refractivity contribution is 7.60. The summed E-state index contributed by atoms with van der Waals surface area (Å²) in [6.07, 6.45) is 0. The molecule has 3 N–H and O–H groups in total. The predicted molar refractivity (Wildman–Crippen MR) is 37.2 cm³/mol. The third-order valence-corrected chi connectivity index (χ3v) is 2.02. The molecule has 0 saturated heterocycles. The number of hydrogen-bond donors (Lipinski definition) is 3. The Bertz CT molecular complexity index is 274. The Kier molecular flexibility index (Phi) is 1.68. The Hall–Kier alpha value is -0.570. The lowest BCUT2D eigenvalue weighted by atomic mass is 10.5. The standard InChI is InChI=1S/C5H8NO3P/c1-4-2-3-5(6-4)10(7,8)9/h2-3,6H,1H3,(H2,7,8,9). The van der Waals surface area contributed by atoms with Crippen molar-refractivity contribution in [3.8, 4) is 0 Å². The first-order valence-corrected chi connectivity index (χ1v) is 4.33. The Morgan fingerprint density at radius 2 is 2.10 bits per heavy atom. The summed E-state index contributed by atoms with van der Waals surface area (Å²) in [6.45, 7) is 1.74. The maximum atomic E-state index is 10.5. The van der Waals surface area contributed by atoms with E-state index in [0.717, 1.165) is 5.69 Å². The maximum Gasteiger partial charge on any atom is 0.372 e. The normalized spacial score (nSPS) is 11.9. The Morgan fingerprint density at radius 1 is 1.50 bits per heavy atom. The monoisotopic (exact) mass is 161 g/mol. The smallest absolute Gasteiger partial charge is 0.353 e. The molecule has 0 amide bonds. The van der Waals surface area contributed by atoms with E-state index in [1.165, 1.54) is 6.07 Å². The average Bonchev–Trinajstić information content (AvgIpc) is 2.11. The molecule has 56 valence electrons. The molecular weight excluding hydrogens is 153 g/mol. The van der Waals surface area contributed by atoms with Crippen LogP contribution in [0, 0.1) is 6.92 Å². The first-order chi connectivity index (χ1) is 4.50. The van der Waals surface area contributed by atoms with E-state index in [0.29, 0.717) is 0 Å². The van der Waals surface area contributed by atoms with Gasteiger partial charge in [0.05, 0.1) is 0 Å². The van der Waals surface area contributed by atoms with Crippen molar-refractivity contribution in [2.45, 2.75) is 6.92 Å². The fourth-order valence-electron chi connectivity index (χ4n) is 0.659. The second-order valence-electron chi connectivity index (χ2n) is 2.07. The van der Waals surface area contributed by atoms with Crippen LogP contribution in [0.25, 0.3) is 0 Å². The third kappa shape index (κ3) is 1.48. The van der Waals surface area contributed by atoms with E-state index in [-0.39, 0.29) is 5.44 Å². The zero-order valence-corrected chi connectivity index (χ0v) is 6.30. The molecule has 5 heteroatoms. The minimum atomic E-state index is -4.05. The van der Waals surface area contributed by atoms with Gasteiger partial charge in [-0.25, -0.2) is 0 Å². The van der Waals surface area contributed by atoms with Gasteiger partial charge >= 0.3 is 7.60 Å². The number of nitrogens with one attached hydrogen (secondary N) is 1. The highest BCUT2D eigenvalue weighted by atomic mass is 31.2. The maximum absolute atomic E-state index is 10.5. The molecule has 0 fully saturated rings. The fourth-order valence-corrected chi connectivity index (χ4v) is 1.25. The van der Waals surface area contributed by atoms with Crippen molar-refractivity contribution in [1.29, 1.82) is 0 Å². The summed E-state index contributed by atoms with van der Waals surface area (Å²) in [4.78, 5) is 19.7. The Labute approximate surface area is 58.1 Å². The first kappa shape index (κ1) is 7.54. The lowest BCUT2D eigenvalue weighted by Gasteiger charge is -1.97. The molecule has 0 saturated carbocycles. The van der Waals surface area contributed by atoms with E-state index in [2.05, 4.69) is 4.98 Å². The van der Waals surface area contributed by atoms with Gasteiger partial charge in [-0.15, -0.1) is 0 Å². The second-order valence-corrected chi connectivity index (χ2v) is 3.64. The molecule has 0 radical (unpaired) electrons. The molecule has 1 rings (SSSR count). The van der Waals surface area contributed by atoms with Crippen molar-refractivity contribution in [2.24, 2.45) is 0 Å². The number of rotatable bonds is 1. The zero-order valence-electron chi connectivity index (χ0n) is 5.40. The molecule has 10 heavy (non-hydrogen) atoms. The SMILES string of the molecule is Cc1ccc(P(=O)(O)O)[nH]1. The zero-order chi connectivity index (χ0) is 7.78. The molecule has 1 aromatic heterocycles. The molecule has 0 aliphatic heterocycles. The topological polar surface area (TPSA) is 73.3 Å². The van der Waals surface area contributed by atoms with Gasteiger partial charge in [0, 0.05) is 5.69 Å². The van der Waals surface area contributed by atoms with Gasteiger partial charge in [0.1, 0.15) is 5.44 Å². The number of aromatic nitrogens is 1. The molecule has 1 aromatic rings. The predicted octanol–water partition coefficient (Wildman–Crippen LogP) is 0.126. The second kappa shape index (κ2) is 2.23. The highest BCUT2D eigenvalue weighted by Crippen LogP contribution is 2.31. The first-order valence-electron chi connectivity index (χ1n) is 2.72.